The molecule has 0 atom stereocenters. The lowest BCUT2D eigenvalue weighted by molar-refractivity contribution is -0.136. The average Bonchev–Trinajstić information content (AvgIpc) is 2.95. The highest BCUT2D eigenvalue weighted by Gasteiger charge is 2.16. The first-order valence-corrected chi connectivity index (χ1v) is 11.8. The number of nitrogens with zero attached hydrogens (tertiary/aromatic N) is 1. The summed E-state index contributed by atoms with van der Waals surface area (Å²) in [6.07, 6.45) is 1.20. The summed E-state index contributed by atoms with van der Waals surface area (Å²) in [4.78, 5) is 49.6. The van der Waals surface area contributed by atoms with Crippen LogP contribution < -0.4 is 20.2 Å². The highest BCUT2D eigenvalue weighted by Crippen LogP contribution is 2.26. The number of esters is 2. The van der Waals surface area contributed by atoms with Gasteiger partial charge in [-0.1, -0.05) is 48.5 Å². The third-order valence-corrected chi connectivity index (χ3v) is 5.27. The molecule has 0 aromatic heterocycles. The molecule has 0 bridgehead atoms. The van der Waals surface area contributed by atoms with Crippen LogP contribution in [-0.4, -0.2) is 30.0 Å². The van der Waals surface area contributed by atoms with Crippen LogP contribution in [0.15, 0.2) is 108 Å². The predicted molar refractivity (Wildman–Crippen MR) is 145 cm³/mol. The minimum absolute atomic E-state index is 0.0180. The number of ether oxygens (including phenoxy) is 2. The Balaban J connectivity index is 1.50. The monoisotopic (exact) mass is 521 g/mol. The highest BCUT2D eigenvalue weighted by atomic mass is 16.5. The summed E-state index contributed by atoms with van der Waals surface area (Å²) in [5.41, 5.74) is 4.45. The van der Waals surface area contributed by atoms with Crippen molar-refractivity contribution in [1.29, 1.82) is 0 Å². The van der Waals surface area contributed by atoms with Gasteiger partial charge in [0.25, 0.3) is 0 Å². The maximum Gasteiger partial charge on any atom is 0.343 e. The standard InChI is InChI=1S/C30H23N3O6/c1-20-9-8-14-24(17-20)32-27(34)28(35)33-31-19-23-15-16-25(38-29(36)21-10-4-2-5-11-21)18-26(23)39-30(37)22-12-6-3-7-13-22/h2-19H,1H3,(H,32,34)(H,33,35)/b31-19+. The summed E-state index contributed by atoms with van der Waals surface area (Å²) in [5, 5.41) is 6.30. The van der Waals surface area contributed by atoms with E-state index < -0.39 is 23.8 Å². The zero-order chi connectivity index (χ0) is 27.6. The summed E-state index contributed by atoms with van der Waals surface area (Å²) in [5.74, 6) is -3.01. The molecule has 0 unspecified atom stereocenters. The maximum atomic E-state index is 12.7. The van der Waals surface area contributed by atoms with E-state index >= 15 is 0 Å². The molecule has 0 aliphatic carbocycles. The highest BCUT2D eigenvalue weighted by molar-refractivity contribution is 6.39. The lowest BCUT2D eigenvalue weighted by Crippen LogP contribution is -2.32. The number of aryl methyl sites for hydroxylation is 1. The van der Waals surface area contributed by atoms with E-state index in [1.807, 2.05) is 13.0 Å². The van der Waals surface area contributed by atoms with E-state index in [0.29, 0.717) is 16.8 Å². The van der Waals surface area contributed by atoms with E-state index in [4.69, 9.17) is 9.47 Å². The summed E-state index contributed by atoms with van der Waals surface area (Å²) in [7, 11) is 0. The van der Waals surface area contributed by atoms with Crippen molar-refractivity contribution in [2.24, 2.45) is 5.10 Å². The fourth-order valence-electron chi connectivity index (χ4n) is 3.37. The molecule has 0 saturated heterocycles. The number of hydrazone groups is 1. The number of anilines is 1. The van der Waals surface area contributed by atoms with Gasteiger partial charge in [-0.05, 0) is 61.0 Å². The van der Waals surface area contributed by atoms with Crippen LogP contribution in [0, 0.1) is 6.92 Å². The SMILES string of the molecule is Cc1cccc(NC(=O)C(=O)N/N=C/c2ccc(OC(=O)c3ccccc3)cc2OC(=O)c2ccccc2)c1. The second kappa shape index (κ2) is 12.6. The first kappa shape index (κ1) is 26.5. The zero-order valence-corrected chi connectivity index (χ0v) is 20.8. The van der Waals surface area contributed by atoms with E-state index in [1.54, 1.807) is 78.9 Å². The van der Waals surface area contributed by atoms with Gasteiger partial charge in [-0.3, -0.25) is 9.59 Å². The molecule has 0 fully saturated rings. The van der Waals surface area contributed by atoms with E-state index in [0.717, 1.165) is 5.56 Å². The topological polar surface area (TPSA) is 123 Å². The molecule has 0 saturated carbocycles. The van der Waals surface area contributed by atoms with Gasteiger partial charge in [-0.25, -0.2) is 15.0 Å². The summed E-state index contributed by atoms with van der Waals surface area (Å²) in [6, 6.07) is 28.0. The van der Waals surface area contributed by atoms with E-state index in [2.05, 4.69) is 15.8 Å². The lowest BCUT2D eigenvalue weighted by atomic mass is 10.2. The average molecular weight is 522 g/mol. The van der Waals surface area contributed by atoms with Crippen LogP contribution >= 0.6 is 0 Å². The summed E-state index contributed by atoms with van der Waals surface area (Å²) in [6.45, 7) is 1.86. The predicted octanol–water partition coefficient (Wildman–Crippen LogP) is 4.52. The Morgan fingerprint density at radius 1 is 0.692 bits per heavy atom. The second-order valence-electron chi connectivity index (χ2n) is 8.23. The molecule has 0 aliphatic heterocycles. The first-order valence-electron chi connectivity index (χ1n) is 11.8. The number of amides is 2. The van der Waals surface area contributed by atoms with Gasteiger partial charge < -0.3 is 14.8 Å². The molecule has 0 heterocycles. The van der Waals surface area contributed by atoms with Crippen molar-refractivity contribution in [3.63, 3.8) is 0 Å². The van der Waals surface area contributed by atoms with Gasteiger partial charge in [0.15, 0.2) is 0 Å². The number of benzene rings is 4. The Morgan fingerprint density at radius 2 is 1.33 bits per heavy atom. The second-order valence-corrected chi connectivity index (χ2v) is 8.23. The van der Waals surface area contributed by atoms with Crippen molar-refractivity contribution < 1.29 is 28.7 Å². The van der Waals surface area contributed by atoms with E-state index in [9.17, 15) is 19.2 Å². The van der Waals surface area contributed by atoms with E-state index in [-0.39, 0.29) is 17.1 Å². The number of rotatable bonds is 7. The quantitative estimate of drug-likeness (QED) is 0.121. The van der Waals surface area contributed by atoms with Crippen LogP contribution in [-0.2, 0) is 9.59 Å². The Kier molecular flexibility index (Phi) is 8.56. The largest absolute Gasteiger partial charge is 0.423 e. The molecule has 9 nitrogen and oxygen atoms in total. The van der Waals surface area contributed by atoms with Crippen LogP contribution in [0.3, 0.4) is 0 Å². The van der Waals surface area contributed by atoms with Crippen LogP contribution in [0.25, 0.3) is 0 Å². The van der Waals surface area contributed by atoms with Crippen molar-refractivity contribution in [2.45, 2.75) is 6.92 Å². The van der Waals surface area contributed by atoms with Crippen LogP contribution in [0.4, 0.5) is 5.69 Å². The Morgan fingerprint density at radius 3 is 1.97 bits per heavy atom. The molecule has 2 amide bonds. The van der Waals surface area contributed by atoms with E-state index in [1.165, 1.54) is 24.4 Å². The normalized spacial score (nSPS) is 10.5. The van der Waals surface area contributed by atoms with Gasteiger partial charge in [-0.2, -0.15) is 5.10 Å². The molecule has 39 heavy (non-hydrogen) atoms. The summed E-state index contributed by atoms with van der Waals surface area (Å²) >= 11 is 0. The molecular formula is C30H23N3O6. The molecule has 9 heteroatoms. The molecule has 0 spiro atoms. The Bertz CT molecular complexity index is 1540. The Labute approximate surface area is 224 Å². The molecule has 4 rings (SSSR count). The molecule has 0 radical (unpaired) electrons. The van der Waals surface area contributed by atoms with Gasteiger partial charge in [-0.15, -0.1) is 0 Å². The number of hydrogen-bond acceptors (Lipinski definition) is 7. The minimum atomic E-state index is -0.996. The van der Waals surface area contributed by atoms with Crippen molar-refractivity contribution >= 4 is 35.7 Å². The molecule has 2 N–H and O–H groups in total. The minimum Gasteiger partial charge on any atom is -0.423 e. The van der Waals surface area contributed by atoms with Crippen LogP contribution in [0.1, 0.15) is 31.8 Å². The van der Waals surface area contributed by atoms with Gasteiger partial charge >= 0.3 is 23.8 Å². The molecular weight excluding hydrogens is 498 g/mol. The summed E-state index contributed by atoms with van der Waals surface area (Å²) < 4.78 is 11.0. The van der Waals surface area contributed by atoms with Crippen molar-refractivity contribution in [3.05, 3.63) is 125 Å². The van der Waals surface area contributed by atoms with Crippen molar-refractivity contribution in [3.8, 4) is 11.5 Å². The molecule has 4 aromatic rings. The number of hydrogen-bond donors (Lipinski definition) is 2. The van der Waals surface area contributed by atoms with Crippen molar-refractivity contribution in [1.82, 2.24) is 5.43 Å². The van der Waals surface area contributed by atoms with Crippen LogP contribution in [0.2, 0.25) is 0 Å². The first-order chi connectivity index (χ1) is 18.9. The van der Waals surface area contributed by atoms with Gasteiger partial charge in [0.05, 0.1) is 17.3 Å². The van der Waals surface area contributed by atoms with Gasteiger partial charge in [0.2, 0.25) is 0 Å². The molecule has 4 aromatic carbocycles. The fourth-order valence-corrected chi connectivity index (χ4v) is 3.37. The third-order valence-electron chi connectivity index (χ3n) is 5.27. The van der Waals surface area contributed by atoms with Gasteiger partial charge in [0, 0.05) is 17.3 Å². The lowest BCUT2D eigenvalue weighted by Gasteiger charge is -2.10. The van der Waals surface area contributed by atoms with Crippen molar-refractivity contribution in [2.75, 3.05) is 5.32 Å². The number of nitrogens with one attached hydrogen (secondary N) is 2. The third kappa shape index (κ3) is 7.46. The molecule has 0 aliphatic rings. The Hall–Kier alpha value is -5.57. The van der Waals surface area contributed by atoms with Gasteiger partial charge in [0.1, 0.15) is 11.5 Å². The fraction of sp³-hybridized carbons (Fsp3) is 0.0333. The zero-order valence-electron chi connectivity index (χ0n) is 20.8. The maximum absolute atomic E-state index is 12.7. The molecule has 194 valence electrons. The van der Waals surface area contributed by atoms with Crippen LogP contribution in [0.5, 0.6) is 11.5 Å². The smallest absolute Gasteiger partial charge is 0.343 e. The number of carbonyl (C=O) groups is 4. The number of carbonyl (C=O) groups excluding carboxylic acids is 4.